The van der Waals surface area contributed by atoms with Crippen LogP contribution in [0.25, 0.3) is 11.2 Å². The van der Waals surface area contributed by atoms with Gasteiger partial charge in [-0.1, -0.05) is 31.0 Å². The molecule has 1 fully saturated rings. The summed E-state index contributed by atoms with van der Waals surface area (Å²) in [6.45, 7) is 6.05. The molecule has 0 aliphatic heterocycles. The smallest absolute Gasteiger partial charge is 0.459 e. The van der Waals surface area contributed by atoms with E-state index >= 15 is 4.39 Å². The lowest BCUT2D eigenvalue weighted by molar-refractivity contribution is -0.149. The molecule has 7 atom stereocenters. The highest BCUT2D eigenvalue weighted by Gasteiger charge is 2.60. The normalized spacial score (nSPS) is 26.8. The maximum atomic E-state index is 16.4. The van der Waals surface area contributed by atoms with E-state index in [2.05, 4.69) is 26.0 Å². The van der Waals surface area contributed by atoms with Crippen LogP contribution in [0.15, 0.2) is 43.0 Å². The number of carbonyl (C=O) groups excluding carboxylic acids is 1. The van der Waals surface area contributed by atoms with Crippen LogP contribution in [0.2, 0.25) is 0 Å². The Hall–Kier alpha value is -3.56. The number of nitrogen functional groups attached to an aromatic ring is 1. The molecule has 2 aromatic heterocycles. The molecule has 0 radical (unpaired) electrons. The molecule has 0 amide bonds. The standard InChI is InChI=1S/C26H32FN6O6P/c1-6-26(27)21(33-14-31-20-23(28)29-13-30-24(20)33)16(4)19(22(26)34)12-37-40(36,39-18-10-8-7-9-11-18)32-17(5)25(35)38-15(2)3/h1,7-11,13-17,19,21-22,34H,12H2,2-5H3,(H,32,36)(H2,28,29,30)/t16-,17+,19+,21-,22-,26+,40+/m1/s1. The number of ether oxygens (including phenoxy) is 1. The number of nitrogens with one attached hydrogen (secondary N) is 1. The first kappa shape index (κ1) is 29.4. The number of fused-ring (bicyclic) bond motifs is 1. The van der Waals surface area contributed by atoms with Crippen LogP contribution in [0, 0.1) is 24.2 Å². The van der Waals surface area contributed by atoms with Crippen molar-refractivity contribution in [1.82, 2.24) is 24.6 Å². The SMILES string of the molecule is C#C[C@@]1(F)[C@H](O)[C@@H](CO[P@@](=O)(N[C@@H](C)C(=O)OC(C)C)Oc2ccccc2)[C@@H](C)[C@H]1n1cnc2c(N)ncnc21. The van der Waals surface area contributed by atoms with Gasteiger partial charge in [0.05, 0.1) is 25.1 Å². The van der Waals surface area contributed by atoms with Gasteiger partial charge in [-0.3, -0.25) is 9.32 Å². The molecule has 0 unspecified atom stereocenters. The highest BCUT2D eigenvalue weighted by Crippen LogP contribution is 2.53. The molecule has 14 heteroatoms. The summed E-state index contributed by atoms with van der Waals surface area (Å²) in [5, 5.41) is 13.7. The number of alkyl halides is 1. The molecule has 1 aromatic carbocycles. The first-order valence-corrected chi connectivity index (χ1v) is 14.2. The Morgan fingerprint density at radius 3 is 2.65 bits per heavy atom. The molecular formula is C26H32FN6O6P. The largest absolute Gasteiger partial charge is 0.462 e. The minimum atomic E-state index is -4.27. The van der Waals surface area contributed by atoms with Crippen LogP contribution in [0.3, 0.4) is 0 Å². The fourth-order valence-electron chi connectivity index (χ4n) is 4.85. The Kier molecular flexibility index (Phi) is 8.46. The molecule has 4 N–H and O–H groups in total. The average molecular weight is 575 g/mol. The summed E-state index contributed by atoms with van der Waals surface area (Å²) in [7, 11) is -4.27. The van der Waals surface area contributed by atoms with E-state index in [0.29, 0.717) is 0 Å². The first-order valence-electron chi connectivity index (χ1n) is 12.7. The maximum Gasteiger partial charge on any atom is 0.459 e. The Morgan fingerprint density at radius 1 is 1.30 bits per heavy atom. The molecule has 0 bridgehead atoms. The zero-order valence-electron chi connectivity index (χ0n) is 22.5. The van der Waals surface area contributed by atoms with Gasteiger partial charge in [-0.2, -0.15) is 5.09 Å². The molecule has 214 valence electrons. The molecule has 1 saturated carbocycles. The topological polar surface area (TPSA) is 164 Å². The minimum Gasteiger partial charge on any atom is -0.462 e. The van der Waals surface area contributed by atoms with Crippen LogP contribution in [0.4, 0.5) is 10.2 Å². The number of aliphatic hydroxyl groups is 1. The number of halogens is 1. The Balaban J connectivity index is 1.61. The average Bonchev–Trinajstić information content (AvgIpc) is 3.40. The van der Waals surface area contributed by atoms with Crippen molar-refractivity contribution >= 4 is 30.7 Å². The molecule has 12 nitrogen and oxygen atoms in total. The van der Waals surface area contributed by atoms with Crippen LogP contribution >= 0.6 is 7.75 Å². The van der Waals surface area contributed by atoms with Gasteiger partial charge in [0.1, 0.15) is 29.7 Å². The van der Waals surface area contributed by atoms with Gasteiger partial charge < -0.3 is 24.7 Å². The number of imidazole rings is 1. The van der Waals surface area contributed by atoms with Crippen molar-refractivity contribution in [1.29, 1.82) is 0 Å². The van der Waals surface area contributed by atoms with E-state index in [4.69, 9.17) is 25.9 Å². The monoisotopic (exact) mass is 574 g/mol. The van der Waals surface area contributed by atoms with Crippen LogP contribution < -0.4 is 15.3 Å². The summed E-state index contributed by atoms with van der Waals surface area (Å²) < 4.78 is 48.2. The van der Waals surface area contributed by atoms with Crippen molar-refractivity contribution in [2.75, 3.05) is 12.3 Å². The van der Waals surface area contributed by atoms with E-state index in [1.807, 2.05) is 0 Å². The lowest BCUT2D eigenvalue weighted by Crippen LogP contribution is -2.41. The van der Waals surface area contributed by atoms with Gasteiger partial charge in [0.2, 0.25) is 5.67 Å². The first-order chi connectivity index (χ1) is 18.9. The number of anilines is 1. The Morgan fingerprint density at radius 2 is 2.00 bits per heavy atom. The number of nitrogens with zero attached hydrogens (tertiary/aromatic N) is 4. The fraction of sp³-hybridized carbons (Fsp3) is 0.462. The van der Waals surface area contributed by atoms with Gasteiger partial charge >= 0.3 is 13.7 Å². The molecule has 3 aromatic rings. The van der Waals surface area contributed by atoms with Gasteiger partial charge in [0.25, 0.3) is 0 Å². The molecular weight excluding hydrogens is 542 g/mol. The van der Waals surface area contributed by atoms with Gasteiger partial charge in [-0.25, -0.2) is 23.9 Å². The van der Waals surface area contributed by atoms with Crippen LogP contribution in [-0.2, 0) is 18.6 Å². The van der Waals surface area contributed by atoms with Crippen molar-refractivity contribution < 1.29 is 32.6 Å². The number of rotatable bonds is 10. The van der Waals surface area contributed by atoms with Crippen LogP contribution in [-0.4, -0.2) is 61.1 Å². The quantitative estimate of drug-likeness (QED) is 0.185. The van der Waals surface area contributed by atoms with E-state index in [1.165, 1.54) is 24.1 Å². The Labute approximate surface area is 231 Å². The summed E-state index contributed by atoms with van der Waals surface area (Å²) in [6, 6.07) is 5.98. The van der Waals surface area contributed by atoms with E-state index in [9.17, 15) is 14.5 Å². The van der Waals surface area contributed by atoms with Crippen molar-refractivity contribution in [3.8, 4) is 18.1 Å². The van der Waals surface area contributed by atoms with Crippen LogP contribution in [0.1, 0.15) is 33.7 Å². The number of hydrogen-bond acceptors (Lipinski definition) is 10. The molecule has 2 heterocycles. The van der Waals surface area contributed by atoms with Crippen molar-refractivity contribution in [3.05, 3.63) is 43.0 Å². The van der Waals surface area contributed by atoms with E-state index < -0.39 is 62.1 Å². The fourth-order valence-corrected chi connectivity index (χ4v) is 6.38. The van der Waals surface area contributed by atoms with E-state index in [1.54, 1.807) is 51.1 Å². The van der Waals surface area contributed by atoms with Gasteiger partial charge in [-0.05, 0) is 38.8 Å². The second kappa shape index (κ2) is 11.5. The zero-order valence-corrected chi connectivity index (χ0v) is 23.4. The lowest BCUT2D eigenvalue weighted by Gasteiger charge is -2.27. The maximum absolute atomic E-state index is 16.4. The summed E-state index contributed by atoms with van der Waals surface area (Å²) in [5.41, 5.74) is 3.83. The number of carbonyl (C=O) groups is 1. The number of nitrogens with two attached hydrogens (primary N) is 1. The molecule has 0 saturated heterocycles. The zero-order chi connectivity index (χ0) is 29.2. The second-order valence-corrected chi connectivity index (χ2v) is 11.6. The number of esters is 1. The summed E-state index contributed by atoms with van der Waals surface area (Å²) >= 11 is 0. The predicted octanol–water partition coefficient (Wildman–Crippen LogP) is 3.05. The summed E-state index contributed by atoms with van der Waals surface area (Å²) in [5.74, 6) is 0.114. The molecule has 1 aliphatic rings. The van der Waals surface area contributed by atoms with Gasteiger partial charge in [0, 0.05) is 5.92 Å². The predicted molar refractivity (Wildman–Crippen MR) is 145 cm³/mol. The summed E-state index contributed by atoms with van der Waals surface area (Å²) in [6.07, 6.45) is 6.05. The van der Waals surface area contributed by atoms with Gasteiger partial charge in [0.15, 0.2) is 11.5 Å². The molecule has 0 spiro atoms. The number of aromatic nitrogens is 4. The third-order valence-electron chi connectivity index (χ3n) is 6.81. The second-order valence-electron chi connectivity index (χ2n) is 9.94. The van der Waals surface area contributed by atoms with Crippen molar-refractivity contribution in [3.63, 3.8) is 0 Å². The van der Waals surface area contributed by atoms with Crippen molar-refractivity contribution in [2.24, 2.45) is 11.8 Å². The number of hydrogen-bond donors (Lipinski definition) is 3. The van der Waals surface area contributed by atoms with E-state index in [-0.39, 0.29) is 22.7 Å². The molecule has 4 rings (SSSR count). The minimum absolute atomic E-state index is 0.107. The van der Waals surface area contributed by atoms with E-state index in [0.717, 1.165) is 0 Å². The van der Waals surface area contributed by atoms with Gasteiger partial charge in [-0.15, -0.1) is 6.42 Å². The number of aliphatic hydroxyl groups excluding tert-OH is 1. The highest BCUT2D eigenvalue weighted by atomic mass is 31.2. The van der Waals surface area contributed by atoms with Crippen LogP contribution in [0.5, 0.6) is 5.75 Å². The third-order valence-corrected chi connectivity index (χ3v) is 8.45. The number of terminal acetylenes is 1. The number of benzene rings is 1. The van der Waals surface area contributed by atoms with Crippen molar-refractivity contribution in [2.45, 2.75) is 57.7 Å². The molecule has 1 aliphatic carbocycles. The third kappa shape index (κ3) is 5.67. The lowest BCUT2D eigenvalue weighted by atomic mass is 9.94. The number of para-hydroxylation sites is 1. The Bertz CT molecular complexity index is 1450. The summed E-state index contributed by atoms with van der Waals surface area (Å²) in [4.78, 5) is 24.7. The molecule has 40 heavy (non-hydrogen) atoms. The highest BCUT2D eigenvalue weighted by molar-refractivity contribution is 7.52.